The van der Waals surface area contributed by atoms with Crippen LogP contribution in [0.1, 0.15) is 17.5 Å². The van der Waals surface area contributed by atoms with Crippen molar-refractivity contribution in [1.82, 2.24) is 9.78 Å². The predicted molar refractivity (Wildman–Crippen MR) is 79.3 cm³/mol. The molecule has 0 radical (unpaired) electrons. The molecule has 102 valence electrons. The fourth-order valence-corrected chi connectivity index (χ4v) is 2.27. The normalized spacial score (nSPS) is 13.5. The van der Waals surface area contributed by atoms with Crippen LogP contribution in [0.4, 0.5) is 11.4 Å². The minimum Gasteiger partial charge on any atom is -0.381 e. The summed E-state index contributed by atoms with van der Waals surface area (Å²) < 4.78 is 1.68. The van der Waals surface area contributed by atoms with E-state index in [1.807, 2.05) is 24.5 Å². The molecule has 1 amide bonds. The van der Waals surface area contributed by atoms with Crippen molar-refractivity contribution in [3.63, 3.8) is 0 Å². The van der Waals surface area contributed by atoms with Gasteiger partial charge in [0, 0.05) is 42.3 Å². The highest BCUT2D eigenvalue weighted by Gasteiger charge is 2.14. The number of rotatable bonds is 4. The van der Waals surface area contributed by atoms with Gasteiger partial charge in [-0.25, -0.2) is 4.68 Å². The van der Waals surface area contributed by atoms with Gasteiger partial charge in [0.15, 0.2) is 0 Å². The Kier molecular flexibility index (Phi) is 3.25. The average molecular weight is 268 g/mol. The molecule has 1 aliphatic heterocycles. The van der Waals surface area contributed by atoms with Crippen molar-refractivity contribution in [1.29, 1.82) is 0 Å². The van der Waals surface area contributed by atoms with Crippen molar-refractivity contribution >= 4 is 23.5 Å². The first kappa shape index (κ1) is 12.5. The van der Waals surface area contributed by atoms with Gasteiger partial charge in [-0.15, -0.1) is 0 Å². The Morgan fingerprint density at radius 2 is 2.35 bits per heavy atom. The number of hydrogen-bond donors (Lipinski definition) is 2. The van der Waals surface area contributed by atoms with E-state index in [1.165, 1.54) is 5.56 Å². The molecule has 5 heteroatoms. The Labute approximate surface area is 117 Å². The minimum atomic E-state index is 0.0926. The number of hydrogen-bond acceptors (Lipinski definition) is 3. The van der Waals surface area contributed by atoms with E-state index in [1.54, 1.807) is 10.9 Å². The van der Waals surface area contributed by atoms with Crippen LogP contribution < -0.4 is 10.6 Å². The molecule has 1 aromatic carbocycles. The molecule has 2 aromatic rings. The van der Waals surface area contributed by atoms with Crippen molar-refractivity contribution in [3.05, 3.63) is 48.3 Å². The van der Waals surface area contributed by atoms with E-state index in [4.69, 9.17) is 0 Å². The highest BCUT2D eigenvalue weighted by atomic mass is 16.1. The number of aryl methyl sites for hydroxylation is 1. The lowest BCUT2D eigenvalue weighted by Crippen LogP contribution is -2.18. The molecular weight excluding hydrogens is 252 g/mol. The summed E-state index contributed by atoms with van der Waals surface area (Å²) in [7, 11) is 0. The molecule has 0 fully saturated rings. The number of anilines is 2. The molecule has 1 aliphatic rings. The molecule has 0 bridgehead atoms. The van der Waals surface area contributed by atoms with Crippen molar-refractivity contribution in [2.75, 3.05) is 10.6 Å². The van der Waals surface area contributed by atoms with Gasteiger partial charge in [0.1, 0.15) is 0 Å². The van der Waals surface area contributed by atoms with E-state index in [-0.39, 0.29) is 5.91 Å². The topological polar surface area (TPSA) is 59.0 Å². The largest absolute Gasteiger partial charge is 0.381 e. The van der Waals surface area contributed by atoms with Gasteiger partial charge < -0.3 is 10.6 Å². The molecule has 3 rings (SSSR count). The summed E-state index contributed by atoms with van der Waals surface area (Å²) in [6, 6.07) is 6.01. The second-order valence-corrected chi connectivity index (χ2v) is 4.78. The predicted octanol–water partition coefficient (Wildman–Crippen LogP) is 2.48. The van der Waals surface area contributed by atoms with Gasteiger partial charge in [-0.1, -0.05) is 6.58 Å². The minimum absolute atomic E-state index is 0.0926. The second kappa shape index (κ2) is 5.21. The molecule has 2 heterocycles. The number of nitrogens with zero attached hydrogens (tertiary/aromatic N) is 2. The summed E-state index contributed by atoms with van der Waals surface area (Å²) in [5, 5.41) is 10.4. The fourth-order valence-electron chi connectivity index (χ4n) is 2.27. The SMILES string of the molecule is C=Cn1cc(CNc2ccc3c(c2)CCC(=O)N3)cn1. The number of aromatic nitrogens is 2. The van der Waals surface area contributed by atoms with Gasteiger partial charge in [-0.05, 0) is 30.2 Å². The summed E-state index contributed by atoms with van der Waals surface area (Å²) in [6.45, 7) is 4.37. The van der Waals surface area contributed by atoms with E-state index < -0.39 is 0 Å². The number of nitrogens with one attached hydrogen (secondary N) is 2. The fraction of sp³-hybridized carbons (Fsp3) is 0.200. The van der Waals surface area contributed by atoms with Gasteiger partial charge in [-0.3, -0.25) is 4.79 Å². The van der Waals surface area contributed by atoms with Crippen molar-refractivity contribution in [2.45, 2.75) is 19.4 Å². The Balaban J connectivity index is 1.69. The summed E-state index contributed by atoms with van der Waals surface area (Å²) in [4.78, 5) is 11.3. The smallest absolute Gasteiger partial charge is 0.224 e. The maximum absolute atomic E-state index is 11.3. The zero-order valence-electron chi connectivity index (χ0n) is 11.1. The third-order valence-corrected chi connectivity index (χ3v) is 3.34. The molecule has 5 nitrogen and oxygen atoms in total. The standard InChI is InChI=1S/C15H16N4O/c1-2-19-10-11(9-17-19)8-16-13-4-5-14-12(7-13)3-6-15(20)18-14/h2,4-5,7,9-10,16H,1,3,6,8H2,(H,18,20). The lowest BCUT2D eigenvalue weighted by atomic mass is 10.0. The first-order chi connectivity index (χ1) is 9.74. The molecule has 0 saturated heterocycles. The van der Waals surface area contributed by atoms with Crippen LogP contribution in [0.15, 0.2) is 37.2 Å². The Morgan fingerprint density at radius 3 is 3.15 bits per heavy atom. The average Bonchev–Trinajstić information content (AvgIpc) is 2.93. The van der Waals surface area contributed by atoms with E-state index in [9.17, 15) is 4.79 Å². The lowest BCUT2D eigenvalue weighted by molar-refractivity contribution is -0.116. The first-order valence-corrected chi connectivity index (χ1v) is 6.57. The third kappa shape index (κ3) is 2.56. The second-order valence-electron chi connectivity index (χ2n) is 4.78. The monoisotopic (exact) mass is 268 g/mol. The van der Waals surface area contributed by atoms with Gasteiger partial charge in [0.25, 0.3) is 0 Å². The Morgan fingerprint density at radius 1 is 1.45 bits per heavy atom. The van der Waals surface area contributed by atoms with Crippen LogP contribution in [-0.2, 0) is 17.8 Å². The van der Waals surface area contributed by atoms with Crippen LogP contribution in [0.2, 0.25) is 0 Å². The van der Waals surface area contributed by atoms with Crippen molar-refractivity contribution in [2.24, 2.45) is 0 Å². The number of carbonyl (C=O) groups excluding carboxylic acids is 1. The van der Waals surface area contributed by atoms with Gasteiger partial charge in [0.2, 0.25) is 5.91 Å². The zero-order chi connectivity index (χ0) is 13.9. The van der Waals surface area contributed by atoms with Crippen molar-refractivity contribution in [3.8, 4) is 0 Å². The third-order valence-electron chi connectivity index (χ3n) is 3.34. The summed E-state index contributed by atoms with van der Waals surface area (Å²) in [5.41, 5.74) is 4.24. The van der Waals surface area contributed by atoms with E-state index in [0.717, 1.165) is 23.4 Å². The number of fused-ring (bicyclic) bond motifs is 1. The van der Waals surface area contributed by atoms with Crippen LogP contribution in [0.5, 0.6) is 0 Å². The summed E-state index contributed by atoms with van der Waals surface area (Å²) >= 11 is 0. The van der Waals surface area contributed by atoms with Crippen LogP contribution >= 0.6 is 0 Å². The number of amides is 1. The lowest BCUT2D eigenvalue weighted by Gasteiger charge is -2.17. The van der Waals surface area contributed by atoms with Gasteiger partial charge in [-0.2, -0.15) is 5.10 Å². The maximum atomic E-state index is 11.3. The Bertz CT molecular complexity index is 660. The van der Waals surface area contributed by atoms with E-state index >= 15 is 0 Å². The molecule has 0 spiro atoms. The molecule has 1 aromatic heterocycles. The van der Waals surface area contributed by atoms with Crippen LogP contribution in [0.3, 0.4) is 0 Å². The summed E-state index contributed by atoms with van der Waals surface area (Å²) in [5.74, 6) is 0.0926. The molecule has 0 atom stereocenters. The van der Waals surface area contributed by atoms with Crippen LogP contribution in [-0.4, -0.2) is 15.7 Å². The number of benzene rings is 1. The maximum Gasteiger partial charge on any atom is 0.224 e. The van der Waals surface area contributed by atoms with Crippen molar-refractivity contribution < 1.29 is 4.79 Å². The van der Waals surface area contributed by atoms with Crippen LogP contribution in [0.25, 0.3) is 6.20 Å². The molecule has 0 aliphatic carbocycles. The van der Waals surface area contributed by atoms with E-state index in [2.05, 4.69) is 28.4 Å². The summed E-state index contributed by atoms with van der Waals surface area (Å²) in [6.07, 6.45) is 6.75. The first-order valence-electron chi connectivity index (χ1n) is 6.57. The molecule has 20 heavy (non-hydrogen) atoms. The zero-order valence-corrected chi connectivity index (χ0v) is 11.1. The van der Waals surface area contributed by atoms with Crippen LogP contribution in [0, 0.1) is 0 Å². The van der Waals surface area contributed by atoms with E-state index in [0.29, 0.717) is 13.0 Å². The quantitative estimate of drug-likeness (QED) is 0.895. The highest BCUT2D eigenvalue weighted by molar-refractivity contribution is 5.94. The molecular formula is C15H16N4O. The van der Waals surface area contributed by atoms with Gasteiger partial charge >= 0.3 is 0 Å². The Hall–Kier alpha value is -2.56. The van der Waals surface area contributed by atoms with Gasteiger partial charge in [0.05, 0.1) is 6.20 Å². The molecule has 0 unspecified atom stereocenters. The molecule has 2 N–H and O–H groups in total. The molecule has 0 saturated carbocycles. The number of carbonyl (C=O) groups is 1. The highest BCUT2D eigenvalue weighted by Crippen LogP contribution is 2.25.